The molecule has 4 rings (SSSR count). The molecule has 28 heavy (non-hydrogen) atoms. The van der Waals surface area contributed by atoms with Crippen molar-refractivity contribution in [1.29, 1.82) is 0 Å². The number of pyridine rings is 1. The van der Waals surface area contributed by atoms with Crippen molar-refractivity contribution in [1.82, 2.24) is 10.3 Å². The molecule has 1 saturated heterocycles. The molecule has 1 N–H and O–H groups in total. The summed E-state index contributed by atoms with van der Waals surface area (Å²) in [4.78, 5) is 24.0. The molecular formula is C19H17F3N2O3S. The monoisotopic (exact) mass is 410 g/mol. The van der Waals surface area contributed by atoms with Gasteiger partial charge in [0.2, 0.25) is 11.8 Å². The van der Waals surface area contributed by atoms with Crippen LogP contribution in [0.5, 0.6) is 11.6 Å². The predicted octanol–water partition coefficient (Wildman–Crippen LogP) is 4.66. The van der Waals surface area contributed by atoms with Gasteiger partial charge in [-0.25, -0.2) is 4.98 Å². The molecule has 2 amide bonds. The second kappa shape index (κ2) is 8.22. The number of fused-ring (bicyclic) bond motifs is 1. The topological polar surface area (TPSA) is 68.3 Å². The first-order chi connectivity index (χ1) is 13.2. The predicted molar refractivity (Wildman–Crippen MR) is 98.5 cm³/mol. The lowest BCUT2D eigenvalue weighted by Crippen LogP contribution is -2.18. The fourth-order valence-corrected chi connectivity index (χ4v) is 3.40. The van der Waals surface area contributed by atoms with Gasteiger partial charge in [0, 0.05) is 6.20 Å². The molecule has 2 aromatic rings. The second-order valence-electron chi connectivity index (χ2n) is 6.37. The Morgan fingerprint density at radius 2 is 1.89 bits per heavy atom. The summed E-state index contributed by atoms with van der Waals surface area (Å²) in [6.45, 7) is 1.57. The van der Waals surface area contributed by atoms with E-state index in [0.717, 1.165) is 42.7 Å². The number of thioether (sulfide) groups is 1. The summed E-state index contributed by atoms with van der Waals surface area (Å²) in [7, 11) is 0. The van der Waals surface area contributed by atoms with Crippen molar-refractivity contribution in [3.8, 4) is 11.6 Å². The summed E-state index contributed by atoms with van der Waals surface area (Å²) in [5, 5.41) is 1.87. The normalized spacial score (nSPS) is 15.6. The molecule has 1 aromatic carbocycles. The molecule has 148 valence electrons. The van der Waals surface area contributed by atoms with Crippen molar-refractivity contribution in [3.05, 3.63) is 52.7 Å². The van der Waals surface area contributed by atoms with E-state index in [4.69, 9.17) is 4.74 Å². The molecule has 0 radical (unpaired) electrons. The Morgan fingerprint density at radius 1 is 1.14 bits per heavy atom. The molecule has 5 nitrogen and oxygen atoms in total. The zero-order chi connectivity index (χ0) is 20.3. The van der Waals surface area contributed by atoms with Gasteiger partial charge in [-0.1, -0.05) is 17.8 Å². The first kappa shape index (κ1) is 20.2. The van der Waals surface area contributed by atoms with Gasteiger partial charge in [0.15, 0.2) is 0 Å². The van der Waals surface area contributed by atoms with Crippen LogP contribution >= 0.6 is 11.8 Å². The molecule has 0 atom stereocenters. The lowest BCUT2D eigenvalue weighted by atomic mass is 10.1. The lowest BCUT2D eigenvalue weighted by molar-refractivity contribution is -0.139. The largest absolute Gasteiger partial charge is 0.438 e. The fraction of sp³-hybridized carbons (Fsp3) is 0.316. The first-order valence-electron chi connectivity index (χ1n) is 8.52. The van der Waals surface area contributed by atoms with Gasteiger partial charge >= 0.3 is 6.18 Å². The number of imide groups is 1. The van der Waals surface area contributed by atoms with Crippen molar-refractivity contribution in [2.45, 2.75) is 32.4 Å². The maximum Gasteiger partial charge on any atom is 0.421 e. The number of nitrogens with zero attached hydrogens (tertiary/aromatic N) is 1. The number of amides is 2. The molecule has 0 saturated carbocycles. The van der Waals surface area contributed by atoms with Crippen molar-refractivity contribution < 1.29 is 27.5 Å². The van der Waals surface area contributed by atoms with Gasteiger partial charge in [0.25, 0.3) is 5.24 Å². The Hall–Kier alpha value is -2.55. The number of ether oxygens (including phenoxy) is 1. The number of hydrogen-bond acceptors (Lipinski definition) is 5. The van der Waals surface area contributed by atoms with Crippen molar-refractivity contribution >= 4 is 22.9 Å². The lowest BCUT2D eigenvalue weighted by Gasteiger charge is -2.13. The van der Waals surface area contributed by atoms with Gasteiger partial charge < -0.3 is 4.74 Å². The zero-order valence-electron chi connectivity index (χ0n) is 14.9. The van der Waals surface area contributed by atoms with E-state index >= 15 is 0 Å². The van der Waals surface area contributed by atoms with Crippen LogP contribution in [0.3, 0.4) is 0 Å². The highest BCUT2D eigenvalue weighted by Gasteiger charge is 2.35. The van der Waals surface area contributed by atoms with Crippen LogP contribution in [0, 0.1) is 6.92 Å². The van der Waals surface area contributed by atoms with Crippen LogP contribution < -0.4 is 10.1 Å². The molecular weight excluding hydrogens is 393 g/mol. The Balaban J connectivity index is 0.000000271. The zero-order valence-corrected chi connectivity index (χ0v) is 15.7. The minimum atomic E-state index is -4.48. The number of rotatable bonds is 2. The Kier molecular flexibility index (Phi) is 5.93. The van der Waals surface area contributed by atoms with Crippen LogP contribution in [0.1, 0.15) is 28.7 Å². The minimum Gasteiger partial charge on any atom is -0.438 e. The Labute approximate surface area is 163 Å². The number of aryl methyl sites for hydroxylation is 3. The molecule has 1 aliphatic heterocycles. The molecule has 0 spiro atoms. The number of alkyl halides is 3. The smallest absolute Gasteiger partial charge is 0.421 e. The number of aromatic nitrogens is 1. The van der Waals surface area contributed by atoms with Crippen LogP contribution in [0.2, 0.25) is 0 Å². The summed E-state index contributed by atoms with van der Waals surface area (Å²) in [6.07, 6.45) is -0.0649. The highest BCUT2D eigenvalue weighted by Crippen LogP contribution is 2.38. The van der Waals surface area contributed by atoms with Crippen LogP contribution in [0.15, 0.2) is 30.5 Å². The highest BCUT2D eigenvalue weighted by atomic mass is 32.2. The number of carbonyl (C=O) groups excluding carboxylic acids is 2. The van der Waals surface area contributed by atoms with E-state index in [0.29, 0.717) is 17.1 Å². The van der Waals surface area contributed by atoms with Crippen molar-refractivity contribution in [3.63, 3.8) is 0 Å². The van der Waals surface area contributed by atoms with Gasteiger partial charge in [-0.3, -0.25) is 14.9 Å². The molecule has 1 aromatic heterocycles. The molecule has 0 unspecified atom stereocenters. The number of nitrogens with one attached hydrogen (secondary N) is 1. The van der Waals surface area contributed by atoms with Gasteiger partial charge in [-0.15, -0.1) is 0 Å². The summed E-state index contributed by atoms with van der Waals surface area (Å²) < 4.78 is 44.5. The second-order valence-corrected chi connectivity index (χ2v) is 7.32. The number of halogens is 3. The number of benzene rings is 1. The van der Waals surface area contributed by atoms with Gasteiger partial charge in [0.1, 0.15) is 11.3 Å². The van der Waals surface area contributed by atoms with Crippen LogP contribution in [0.4, 0.5) is 18.0 Å². The van der Waals surface area contributed by atoms with Gasteiger partial charge in [-0.2, -0.15) is 13.2 Å². The van der Waals surface area contributed by atoms with E-state index in [1.807, 2.05) is 12.1 Å². The third kappa shape index (κ3) is 5.03. The maximum atomic E-state index is 13.0. The summed E-state index contributed by atoms with van der Waals surface area (Å²) in [5.41, 5.74) is 2.00. The minimum absolute atomic E-state index is 0.185. The highest BCUT2D eigenvalue weighted by molar-refractivity contribution is 8.14. The summed E-state index contributed by atoms with van der Waals surface area (Å²) >= 11 is 1.01. The Morgan fingerprint density at radius 3 is 2.50 bits per heavy atom. The van der Waals surface area contributed by atoms with Crippen molar-refractivity contribution in [2.75, 3.05) is 5.75 Å². The van der Waals surface area contributed by atoms with E-state index < -0.39 is 17.6 Å². The third-order valence-corrected chi connectivity index (χ3v) is 4.92. The Bertz CT molecular complexity index is 902. The SMILES string of the molecule is Cc1cnc(Oc2ccc3c(c2)CCC3)c(C(F)(F)F)c1.O=C1CSC(=O)N1. The van der Waals surface area contributed by atoms with Crippen molar-refractivity contribution in [2.24, 2.45) is 0 Å². The van der Waals surface area contributed by atoms with E-state index in [1.54, 1.807) is 13.0 Å². The molecule has 9 heteroatoms. The number of carbonyl (C=O) groups is 2. The first-order valence-corrected chi connectivity index (χ1v) is 9.51. The molecule has 1 aliphatic carbocycles. The average Bonchev–Trinajstić information content (AvgIpc) is 3.24. The third-order valence-electron chi connectivity index (χ3n) is 4.15. The van der Waals surface area contributed by atoms with Gasteiger partial charge in [0.05, 0.1) is 5.75 Å². The fourth-order valence-electron chi connectivity index (χ4n) is 2.88. The molecule has 0 bridgehead atoms. The standard InChI is InChI=1S/C16H14F3NO.C3H3NO2S/c1-10-7-14(16(17,18)19)15(20-9-10)21-13-6-5-11-3-2-4-12(11)8-13;5-2-1-7-3(6)4-2/h5-9H,2-4H2,1H3;1H2,(H,4,5,6). The maximum absolute atomic E-state index is 13.0. The average molecular weight is 410 g/mol. The van der Waals surface area contributed by atoms with Crippen LogP contribution in [-0.2, 0) is 23.8 Å². The van der Waals surface area contributed by atoms with E-state index in [-0.39, 0.29) is 11.1 Å². The summed E-state index contributed by atoms with van der Waals surface area (Å²) in [5.74, 6) is 0.109. The molecule has 2 heterocycles. The van der Waals surface area contributed by atoms with Gasteiger partial charge in [-0.05, 0) is 61.1 Å². The summed E-state index contributed by atoms with van der Waals surface area (Å²) in [6, 6.07) is 6.48. The van der Waals surface area contributed by atoms with E-state index in [9.17, 15) is 22.8 Å². The van der Waals surface area contributed by atoms with E-state index in [1.165, 1.54) is 11.8 Å². The molecule has 1 fully saturated rings. The van der Waals surface area contributed by atoms with Crippen LogP contribution in [-0.4, -0.2) is 21.9 Å². The molecule has 2 aliphatic rings. The van der Waals surface area contributed by atoms with E-state index in [2.05, 4.69) is 10.3 Å². The van der Waals surface area contributed by atoms with Crippen LogP contribution in [0.25, 0.3) is 0 Å². The number of hydrogen-bond donors (Lipinski definition) is 1. The quantitative estimate of drug-likeness (QED) is 0.780.